The Labute approximate surface area is 118 Å². The highest BCUT2D eigenvalue weighted by Gasteiger charge is 2.13. The number of aromatic nitrogens is 1. The van der Waals surface area contributed by atoms with Gasteiger partial charge < -0.3 is 4.74 Å². The molecule has 0 aliphatic heterocycles. The number of ether oxygens (including phenoxy) is 1. The van der Waals surface area contributed by atoms with Gasteiger partial charge in [-0.3, -0.25) is 0 Å². The Morgan fingerprint density at radius 3 is 2.85 bits per heavy atom. The van der Waals surface area contributed by atoms with Crippen LogP contribution in [0.2, 0.25) is 0 Å². The minimum atomic E-state index is -0.488. The highest BCUT2D eigenvalue weighted by molar-refractivity contribution is 7.17. The number of nitrogens with zero attached hydrogens (tertiary/aromatic N) is 1. The number of pyridine rings is 1. The van der Waals surface area contributed by atoms with Crippen LogP contribution < -0.4 is 0 Å². The average molecular weight is 287 g/mol. The van der Waals surface area contributed by atoms with Crippen LogP contribution in [0.3, 0.4) is 0 Å². The van der Waals surface area contributed by atoms with Gasteiger partial charge in [0.15, 0.2) is 0 Å². The Morgan fingerprint density at radius 2 is 2.05 bits per heavy atom. The monoisotopic (exact) mass is 287 g/mol. The Bertz CT molecular complexity index is 797. The van der Waals surface area contributed by atoms with E-state index >= 15 is 0 Å². The standard InChI is InChI=1S/C15H10FNO2S/c1-19-15(18)13-7-3-6-12(17-13)10-8-20-14-9(10)4-2-5-11(14)16/h2-8H,1H3. The third-order valence-corrected chi connectivity index (χ3v) is 3.98. The van der Waals surface area contributed by atoms with Crippen LogP contribution in [0, 0.1) is 5.82 Å². The van der Waals surface area contributed by atoms with Gasteiger partial charge in [-0.25, -0.2) is 14.2 Å². The summed E-state index contributed by atoms with van der Waals surface area (Å²) in [7, 11) is 1.31. The highest BCUT2D eigenvalue weighted by atomic mass is 32.1. The van der Waals surface area contributed by atoms with Crippen LogP contribution in [-0.2, 0) is 4.74 Å². The van der Waals surface area contributed by atoms with E-state index in [4.69, 9.17) is 0 Å². The van der Waals surface area contributed by atoms with Crippen molar-refractivity contribution in [1.29, 1.82) is 0 Å². The molecule has 0 atom stereocenters. The topological polar surface area (TPSA) is 39.2 Å². The quantitative estimate of drug-likeness (QED) is 0.671. The molecule has 2 heterocycles. The van der Waals surface area contributed by atoms with Gasteiger partial charge in [-0.2, -0.15) is 0 Å². The summed E-state index contributed by atoms with van der Waals surface area (Å²) >= 11 is 1.32. The molecule has 0 saturated carbocycles. The van der Waals surface area contributed by atoms with E-state index in [1.165, 1.54) is 24.5 Å². The van der Waals surface area contributed by atoms with Gasteiger partial charge in [0.1, 0.15) is 11.5 Å². The summed E-state index contributed by atoms with van der Waals surface area (Å²) in [5.41, 5.74) is 1.68. The molecule has 0 spiro atoms. The van der Waals surface area contributed by atoms with Gasteiger partial charge in [0.25, 0.3) is 0 Å². The molecule has 0 bridgehead atoms. The molecule has 1 aromatic carbocycles. The molecule has 3 rings (SSSR count). The Balaban J connectivity index is 2.16. The Hall–Kier alpha value is -2.27. The molecule has 3 aromatic rings. The maximum absolute atomic E-state index is 13.7. The van der Waals surface area contributed by atoms with Crippen molar-refractivity contribution in [3.05, 3.63) is 53.3 Å². The molecule has 2 aromatic heterocycles. The van der Waals surface area contributed by atoms with E-state index in [2.05, 4.69) is 9.72 Å². The summed E-state index contributed by atoms with van der Waals surface area (Å²) in [6, 6.07) is 10.1. The van der Waals surface area contributed by atoms with Gasteiger partial charge in [-0.1, -0.05) is 18.2 Å². The number of halogens is 1. The van der Waals surface area contributed by atoms with E-state index in [9.17, 15) is 9.18 Å². The smallest absolute Gasteiger partial charge is 0.356 e. The van der Waals surface area contributed by atoms with E-state index < -0.39 is 5.97 Å². The zero-order chi connectivity index (χ0) is 14.1. The van der Waals surface area contributed by atoms with Crippen LogP contribution in [-0.4, -0.2) is 18.1 Å². The zero-order valence-electron chi connectivity index (χ0n) is 10.6. The number of hydrogen-bond acceptors (Lipinski definition) is 4. The van der Waals surface area contributed by atoms with Gasteiger partial charge in [0.05, 0.1) is 17.5 Å². The second-order valence-electron chi connectivity index (χ2n) is 4.17. The predicted octanol–water partition coefficient (Wildman–Crippen LogP) is 3.89. The molecular weight excluding hydrogens is 277 g/mol. The number of rotatable bonds is 2. The van der Waals surface area contributed by atoms with E-state index in [-0.39, 0.29) is 11.5 Å². The fraction of sp³-hybridized carbons (Fsp3) is 0.0667. The number of fused-ring (bicyclic) bond motifs is 1. The first-order chi connectivity index (χ1) is 9.70. The normalized spacial score (nSPS) is 10.7. The fourth-order valence-electron chi connectivity index (χ4n) is 2.02. The molecule has 0 radical (unpaired) electrons. The van der Waals surface area contributed by atoms with Crippen molar-refractivity contribution in [3.63, 3.8) is 0 Å². The van der Waals surface area contributed by atoms with Gasteiger partial charge in [0.2, 0.25) is 0 Å². The van der Waals surface area contributed by atoms with E-state index in [1.807, 2.05) is 11.4 Å². The lowest BCUT2D eigenvalue weighted by molar-refractivity contribution is 0.0594. The summed E-state index contributed by atoms with van der Waals surface area (Å²) in [5, 5.41) is 2.64. The number of hydrogen-bond donors (Lipinski definition) is 0. The molecule has 0 N–H and O–H groups in total. The van der Waals surface area contributed by atoms with E-state index in [0.717, 1.165) is 10.9 Å². The van der Waals surface area contributed by atoms with Crippen LogP contribution in [0.25, 0.3) is 21.3 Å². The summed E-state index contributed by atoms with van der Waals surface area (Å²) in [4.78, 5) is 15.8. The minimum Gasteiger partial charge on any atom is -0.464 e. The van der Waals surface area contributed by atoms with Crippen LogP contribution in [0.4, 0.5) is 4.39 Å². The summed E-state index contributed by atoms with van der Waals surface area (Å²) in [5.74, 6) is -0.736. The van der Waals surface area contributed by atoms with Crippen LogP contribution in [0.5, 0.6) is 0 Å². The SMILES string of the molecule is COC(=O)c1cccc(-c2csc3c(F)cccc23)n1. The summed E-state index contributed by atoms with van der Waals surface area (Å²) < 4.78 is 18.9. The van der Waals surface area contributed by atoms with Crippen molar-refractivity contribution in [2.24, 2.45) is 0 Å². The fourth-order valence-corrected chi connectivity index (χ4v) is 2.99. The lowest BCUT2D eigenvalue weighted by Gasteiger charge is -2.02. The lowest BCUT2D eigenvalue weighted by Crippen LogP contribution is -2.04. The van der Waals surface area contributed by atoms with Gasteiger partial charge >= 0.3 is 5.97 Å². The molecule has 3 nitrogen and oxygen atoms in total. The first-order valence-electron chi connectivity index (χ1n) is 5.92. The van der Waals surface area contributed by atoms with Crippen molar-refractivity contribution in [1.82, 2.24) is 4.98 Å². The van der Waals surface area contributed by atoms with E-state index in [1.54, 1.807) is 24.3 Å². The van der Waals surface area contributed by atoms with Crippen LogP contribution >= 0.6 is 11.3 Å². The van der Waals surface area contributed by atoms with Gasteiger partial charge in [0, 0.05) is 16.3 Å². The van der Waals surface area contributed by atoms with Crippen molar-refractivity contribution >= 4 is 27.4 Å². The highest BCUT2D eigenvalue weighted by Crippen LogP contribution is 2.34. The number of methoxy groups -OCH3 is 1. The maximum atomic E-state index is 13.7. The molecule has 0 aliphatic carbocycles. The lowest BCUT2D eigenvalue weighted by atomic mass is 10.1. The number of thiophene rings is 1. The number of benzene rings is 1. The predicted molar refractivity (Wildman–Crippen MR) is 76.4 cm³/mol. The van der Waals surface area contributed by atoms with Crippen LogP contribution in [0.1, 0.15) is 10.5 Å². The molecule has 20 heavy (non-hydrogen) atoms. The minimum absolute atomic E-state index is 0.237. The van der Waals surface area contributed by atoms with Crippen molar-refractivity contribution in [2.45, 2.75) is 0 Å². The first-order valence-corrected chi connectivity index (χ1v) is 6.80. The molecular formula is C15H10FNO2S. The molecule has 0 saturated heterocycles. The molecule has 0 fully saturated rings. The Morgan fingerprint density at radius 1 is 1.25 bits per heavy atom. The molecule has 0 aliphatic rings. The van der Waals surface area contributed by atoms with Crippen molar-refractivity contribution in [2.75, 3.05) is 7.11 Å². The third-order valence-electron chi connectivity index (χ3n) is 2.97. The summed E-state index contributed by atoms with van der Waals surface area (Å²) in [6.45, 7) is 0. The van der Waals surface area contributed by atoms with Crippen molar-refractivity contribution < 1.29 is 13.9 Å². The zero-order valence-corrected chi connectivity index (χ0v) is 11.4. The largest absolute Gasteiger partial charge is 0.464 e. The molecule has 0 unspecified atom stereocenters. The van der Waals surface area contributed by atoms with Gasteiger partial charge in [-0.05, 0) is 18.2 Å². The summed E-state index contributed by atoms with van der Waals surface area (Å²) in [6.07, 6.45) is 0. The third kappa shape index (κ3) is 2.06. The molecule has 100 valence electrons. The number of carbonyl (C=O) groups excluding carboxylic acids is 1. The average Bonchev–Trinajstić information content (AvgIpc) is 2.92. The van der Waals surface area contributed by atoms with E-state index in [0.29, 0.717) is 10.4 Å². The number of esters is 1. The van der Waals surface area contributed by atoms with Crippen molar-refractivity contribution in [3.8, 4) is 11.3 Å². The maximum Gasteiger partial charge on any atom is 0.356 e. The Kier molecular flexibility index (Phi) is 3.20. The van der Waals surface area contributed by atoms with Gasteiger partial charge in [-0.15, -0.1) is 11.3 Å². The second kappa shape index (κ2) is 5.02. The molecule has 5 heteroatoms. The van der Waals surface area contributed by atoms with Crippen LogP contribution in [0.15, 0.2) is 41.8 Å². The second-order valence-corrected chi connectivity index (χ2v) is 5.05. The molecule has 0 amide bonds. The number of carbonyl (C=O) groups is 1. The first kappa shape index (κ1) is 12.7.